The number of amides is 2. The summed E-state index contributed by atoms with van der Waals surface area (Å²) in [4.78, 5) is 24.1. The highest BCUT2D eigenvalue weighted by Crippen LogP contribution is 2.15. The molecular formula is C19H20FN3O3. The van der Waals surface area contributed by atoms with Crippen molar-refractivity contribution in [2.24, 2.45) is 11.0 Å². The van der Waals surface area contributed by atoms with Gasteiger partial charge in [-0.1, -0.05) is 12.1 Å². The van der Waals surface area contributed by atoms with Crippen LogP contribution in [0.4, 0.5) is 10.1 Å². The lowest BCUT2D eigenvalue weighted by Gasteiger charge is -2.11. The molecule has 2 amide bonds. The molecule has 6 nitrogen and oxygen atoms in total. The predicted molar refractivity (Wildman–Crippen MR) is 97.7 cm³/mol. The quantitative estimate of drug-likeness (QED) is 0.474. The number of benzene rings is 2. The highest BCUT2D eigenvalue weighted by Gasteiger charge is 2.22. The third kappa shape index (κ3) is 4.89. The second-order valence-corrected chi connectivity index (χ2v) is 5.65. The van der Waals surface area contributed by atoms with E-state index in [-0.39, 0.29) is 5.69 Å². The van der Waals surface area contributed by atoms with E-state index in [0.29, 0.717) is 0 Å². The Labute approximate surface area is 151 Å². The molecule has 0 aliphatic carbocycles. The largest absolute Gasteiger partial charge is 0.497 e. The number of aryl methyl sites for hydroxylation is 1. The molecular weight excluding hydrogens is 337 g/mol. The lowest BCUT2D eigenvalue weighted by Crippen LogP contribution is -2.34. The van der Waals surface area contributed by atoms with E-state index in [0.717, 1.165) is 16.9 Å². The summed E-state index contributed by atoms with van der Waals surface area (Å²) in [6.07, 6.45) is 1.48. The second-order valence-electron chi connectivity index (χ2n) is 5.65. The topological polar surface area (TPSA) is 79.8 Å². The van der Waals surface area contributed by atoms with Gasteiger partial charge in [0.2, 0.25) is 5.91 Å². The lowest BCUT2D eigenvalue weighted by atomic mass is 10.1. The van der Waals surface area contributed by atoms with Crippen LogP contribution in [0.15, 0.2) is 47.6 Å². The van der Waals surface area contributed by atoms with E-state index in [1.807, 2.05) is 13.0 Å². The van der Waals surface area contributed by atoms with E-state index in [1.165, 1.54) is 31.3 Å². The van der Waals surface area contributed by atoms with E-state index in [1.54, 1.807) is 25.3 Å². The zero-order chi connectivity index (χ0) is 19.1. The van der Waals surface area contributed by atoms with Crippen LogP contribution in [0.25, 0.3) is 0 Å². The van der Waals surface area contributed by atoms with Crippen molar-refractivity contribution in [2.45, 2.75) is 13.8 Å². The van der Waals surface area contributed by atoms with Crippen molar-refractivity contribution in [3.05, 3.63) is 59.4 Å². The van der Waals surface area contributed by atoms with Crippen molar-refractivity contribution in [3.63, 3.8) is 0 Å². The molecule has 7 heteroatoms. The molecule has 2 aromatic rings. The number of nitrogens with zero attached hydrogens (tertiary/aromatic N) is 1. The molecule has 1 atom stereocenters. The molecule has 0 saturated carbocycles. The van der Waals surface area contributed by atoms with Crippen molar-refractivity contribution in [3.8, 4) is 5.75 Å². The van der Waals surface area contributed by atoms with Gasteiger partial charge in [-0.25, -0.2) is 9.82 Å². The molecule has 2 N–H and O–H groups in total. The number of hydrazone groups is 1. The molecule has 0 aliphatic heterocycles. The van der Waals surface area contributed by atoms with Crippen LogP contribution in [0.5, 0.6) is 5.75 Å². The Bertz CT molecular complexity index is 837. The van der Waals surface area contributed by atoms with Crippen molar-refractivity contribution in [1.29, 1.82) is 0 Å². The maximum atomic E-state index is 13.5. The number of rotatable bonds is 6. The number of ether oxygens (including phenoxy) is 1. The van der Waals surface area contributed by atoms with Crippen LogP contribution in [-0.2, 0) is 9.59 Å². The molecule has 0 fully saturated rings. The van der Waals surface area contributed by atoms with Gasteiger partial charge in [-0.2, -0.15) is 5.10 Å². The van der Waals surface area contributed by atoms with Crippen LogP contribution in [0.2, 0.25) is 0 Å². The number of methoxy groups -OCH3 is 1. The minimum atomic E-state index is -1.04. The SMILES string of the molecule is COc1ccc(C=NNC(=O)C(C)C(=O)Nc2ccccc2F)c(C)c1. The predicted octanol–water partition coefficient (Wildman–Crippen LogP) is 2.87. The van der Waals surface area contributed by atoms with Gasteiger partial charge in [0.15, 0.2) is 0 Å². The first-order valence-electron chi connectivity index (χ1n) is 7.95. The van der Waals surface area contributed by atoms with Crippen LogP contribution in [0.1, 0.15) is 18.1 Å². The van der Waals surface area contributed by atoms with Crippen LogP contribution < -0.4 is 15.5 Å². The van der Waals surface area contributed by atoms with Gasteiger partial charge in [0, 0.05) is 0 Å². The zero-order valence-electron chi connectivity index (χ0n) is 14.7. The minimum Gasteiger partial charge on any atom is -0.497 e. The summed E-state index contributed by atoms with van der Waals surface area (Å²) in [5, 5.41) is 6.25. The van der Waals surface area contributed by atoms with Crippen molar-refractivity contribution >= 4 is 23.7 Å². The first-order chi connectivity index (χ1) is 12.4. The van der Waals surface area contributed by atoms with Crippen molar-refractivity contribution in [1.82, 2.24) is 5.43 Å². The van der Waals surface area contributed by atoms with E-state index < -0.39 is 23.5 Å². The molecule has 26 heavy (non-hydrogen) atoms. The summed E-state index contributed by atoms with van der Waals surface area (Å²) in [6.45, 7) is 3.30. The summed E-state index contributed by atoms with van der Waals surface area (Å²) >= 11 is 0. The molecule has 136 valence electrons. The molecule has 0 heterocycles. The molecule has 0 radical (unpaired) electrons. The number of para-hydroxylation sites is 1. The molecule has 0 aromatic heterocycles. The summed E-state index contributed by atoms with van der Waals surface area (Å²) in [5.41, 5.74) is 4.06. The fourth-order valence-corrected chi connectivity index (χ4v) is 2.10. The average molecular weight is 357 g/mol. The number of halogens is 1. The molecule has 0 saturated heterocycles. The van der Waals surface area contributed by atoms with Gasteiger partial charge in [-0.3, -0.25) is 9.59 Å². The van der Waals surface area contributed by atoms with Crippen LogP contribution in [-0.4, -0.2) is 25.1 Å². The number of anilines is 1. The fourth-order valence-electron chi connectivity index (χ4n) is 2.10. The van der Waals surface area contributed by atoms with Gasteiger partial charge in [0.25, 0.3) is 5.91 Å². The third-order valence-electron chi connectivity index (χ3n) is 3.77. The Morgan fingerprint density at radius 2 is 1.92 bits per heavy atom. The number of hydrogen-bond donors (Lipinski definition) is 2. The van der Waals surface area contributed by atoms with Gasteiger partial charge < -0.3 is 10.1 Å². The first kappa shape index (κ1) is 19.1. The maximum absolute atomic E-state index is 13.5. The number of hydrogen-bond acceptors (Lipinski definition) is 4. The highest BCUT2D eigenvalue weighted by atomic mass is 19.1. The van der Waals surface area contributed by atoms with Crippen LogP contribution in [0, 0.1) is 18.7 Å². The van der Waals surface area contributed by atoms with E-state index in [9.17, 15) is 14.0 Å². The van der Waals surface area contributed by atoms with Gasteiger partial charge in [0.05, 0.1) is 19.0 Å². The Hall–Kier alpha value is -3.22. The number of nitrogens with one attached hydrogen (secondary N) is 2. The number of carbonyl (C=O) groups excluding carboxylic acids is 2. The molecule has 2 aromatic carbocycles. The fraction of sp³-hybridized carbons (Fsp3) is 0.211. The molecule has 0 aliphatic rings. The molecule has 2 rings (SSSR count). The van der Waals surface area contributed by atoms with Gasteiger partial charge >= 0.3 is 0 Å². The normalized spacial score (nSPS) is 11.8. The van der Waals surface area contributed by atoms with Gasteiger partial charge in [-0.05, 0) is 55.3 Å². The molecule has 0 bridgehead atoms. The maximum Gasteiger partial charge on any atom is 0.252 e. The highest BCUT2D eigenvalue weighted by molar-refractivity contribution is 6.06. The first-order valence-corrected chi connectivity index (χ1v) is 7.95. The van der Waals surface area contributed by atoms with Crippen molar-refractivity contribution < 1.29 is 18.7 Å². The third-order valence-corrected chi connectivity index (χ3v) is 3.77. The molecule has 0 spiro atoms. The summed E-state index contributed by atoms with van der Waals surface area (Å²) in [6, 6.07) is 11.2. The van der Waals surface area contributed by atoms with Crippen LogP contribution in [0.3, 0.4) is 0 Å². The average Bonchev–Trinajstić information content (AvgIpc) is 2.64. The van der Waals surface area contributed by atoms with Crippen molar-refractivity contribution in [2.75, 3.05) is 12.4 Å². The summed E-state index contributed by atoms with van der Waals surface area (Å²) in [5.74, 6) is -2.10. The standard InChI is InChI=1S/C19H20FN3O3/c1-12-10-15(26-3)9-8-14(12)11-21-23-19(25)13(2)18(24)22-17-7-5-4-6-16(17)20/h4-11,13H,1-3H3,(H,22,24)(H,23,25). The molecule has 1 unspecified atom stereocenters. The summed E-state index contributed by atoms with van der Waals surface area (Å²) in [7, 11) is 1.58. The lowest BCUT2D eigenvalue weighted by molar-refractivity contribution is -0.131. The van der Waals surface area contributed by atoms with E-state index in [2.05, 4.69) is 15.8 Å². The van der Waals surface area contributed by atoms with E-state index >= 15 is 0 Å². The Morgan fingerprint density at radius 1 is 1.19 bits per heavy atom. The number of carbonyl (C=O) groups is 2. The minimum absolute atomic E-state index is 0.0227. The Morgan fingerprint density at radius 3 is 2.58 bits per heavy atom. The summed E-state index contributed by atoms with van der Waals surface area (Å²) < 4.78 is 18.7. The van der Waals surface area contributed by atoms with Gasteiger partial charge in [0.1, 0.15) is 17.5 Å². The van der Waals surface area contributed by atoms with Gasteiger partial charge in [-0.15, -0.1) is 0 Å². The van der Waals surface area contributed by atoms with Crippen LogP contribution >= 0.6 is 0 Å². The monoisotopic (exact) mass is 357 g/mol. The second kappa shape index (κ2) is 8.75. The smallest absolute Gasteiger partial charge is 0.252 e. The Balaban J connectivity index is 1.94. The van der Waals surface area contributed by atoms with E-state index in [4.69, 9.17) is 4.74 Å². The zero-order valence-corrected chi connectivity index (χ0v) is 14.7. The Kier molecular flexibility index (Phi) is 6.43.